The first-order valence-corrected chi connectivity index (χ1v) is 6.06. The lowest BCUT2D eigenvalue weighted by molar-refractivity contribution is 0.518. The molecule has 0 saturated heterocycles. The van der Waals surface area contributed by atoms with Gasteiger partial charge in [-0.05, 0) is 31.2 Å². The Morgan fingerprint density at radius 3 is 2.89 bits per heavy atom. The first-order valence-electron chi connectivity index (χ1n) is 6.06. The molecule has 3 aromatic rings. The van der Waals surface area contributed by atoms with E-state index in [0.29, 0.717) is 6.54 Å². The molecule has 0 aromatic carbocycles. The third-order valence-electron chi connectivity index (χ3n) is 2.87. The topological polar surface area (TPSA) is 55.9 Å². The van der Waals surface area contributed by atoms with Gasteiger partial charge in [-0.2, -0.15) is 0 Å². The standard InChI is InChI=1S/C14H14N4O/c1-11-15-7-8-18(11)14-13(5-2-6-16-14)17-10-12-4-3-9-19-12/h2-9,17H,10H2,1H3. The smallest absolute Gasteiger partial charge is 0.161 e. The molecular weight excluding hydrogens is 240 g/mol. The minimum Gasteiger partial charge on any atom is -0.467 e. The van der Waals surface area contributed by atoms with Gasteiger partial charge in [0.05, 0.1) is 18.5 Å². The van der Waals surface area contributed by atoms with E-state index in [-0.39, 0.29) is 0 Å². The quantitative estimate of drug-likeness (QED) is 0.777. The van der Waals surface area contributed by atoms with Gasteiger partial charge in [-0.3, -0.25) is 4.57 Å². The fourth-order valence-electron chi connectivity index (χ4n) is 1.92. The van der Waals surface area contributed by atoms with Crippen LogP contribution >= 0.6 is 0 Å². The average Bonchev–Trinajstić information content (AvgIpc) is 3.08. The Morgan fingerprint density at radius 2 is 2.16 bits per heavy atom. The van der Waals surface area contributed by atoms with E-state index in [1.165, 1.54) is 0 Å². The van der Waals surface area contributed by atoms with Crippen molar-refractivity contribution < 1.29 is 4.42 Å². The molecule has 0 bridgehead atoms. The lowest BCUT2D eigenvalue weighted by Crippen LogP contribution is -2.06. The number of furan rings is 1. The number of nitrogens with one attached hydrogen (secondary N) is 1. The lowest BCUT2D eigenvalue weighted by Gasteiger charge is -2.11. The molecule has 0 radical (unpaired) electrons. The summed E-state index contributed by atoms with van der Waals surface area (Å²) in [6.07, 6.45) is 7.10. The number of aryl methyl sites for hydroxylation is 1. The van der Waals surface area contributed by atoms with E-state index in [0.717, 1.165) is 23.1 Å². The number of anilines is 1. The summed E-state index contributed by atoms with van der Waals surface area (Å²) in [4.78, 5) is 8.63. The molecule has 1 N–H and O–H groups in total. The van der Waals surface area contributed by atoms with Gasteiger partial charge in [0, 0.05) is 18.6 Å². The number of hydrogen-bond acceptors (Lipinski definition) is 4. The molecular formula is C14H14N4O. The van der Waals surface area contributed by atoms with Crippen molar-refractivity contribution in [2.75, 3.05) is 5.32 Å². The van der Waals surface area contributed by atoms with E-state index in [1.807, 2.05) is 42.0 Å². The Bertz CT molecular complexity index is 658. The molecule has 0 spiro atoms. The zero-order valence-corrected chi connectivity index (χ0v) is 10.6. The number of hydrogen-bond donors (Lipinski definition) is 1. The van der Waals surface area contributed by atoms with Gasteiger partial charge < -0.3 is 9.73 Å². The minimum absolute atomic E-state index is 0.624. The highest BCUT2D eigenvalue weighted by molar-refractivity contribution is 5.57. The van der Waals surface area contributed by atoms with Gasteiger partial charge in [-0.15, -0.1) is 0 Å². The Morgan fingerprint density at radius 1 is 1.21 bits per heavy atom. The van der Waals surface area contributed by atoms with Gasteiger partial charge in [-0.25, -0.2) is 9.97 Å². The van der Waals surface area contributed by atoms with Crippen molar-refractivity contribution in [3.63, 3.8) is 0 Å². The number of rotatable bonds is 4. The van der Waals surface area contributed by atoms with Gasteiger partial charge in [-0.1, -0.05) is 0 Å². The van der Waals surface area contributed by atoms with Gasteiger partial charge in [0.1, 0.15) is 11.6 Å². The summed E-state index contributed by atoms with van der Waals surface area (Å²) in [6, 6.07) is 7.71. The van der Waals surface area contributed by atoms with Crippen LogP contribution in [-0.2, 0) is 6.54 Å². The van der Waals surface area contributed by atoms with E-state index < -0.39 is 0 Å². The number of aromatic nitrogens is 3. The number of imidazole rings is 1. The predicted molar refractivity (Wildman–Crippen MR) is 72.1 cm³/mol. The molecule has 0 atom stereocenters. The van der Waals surface area contributed by atoms with Crippen LogP contribution in [0.25, 0.3) is 5.82 Å². The summed E-state index contributed by atoms with van der Waals surface area (Å²) in [5.74, 6) is 2.63. The van der Waals surface area contributed by atoms with Crippen molar-refractivity contribution in [1.82, 2.24) is 14.5 Å². The van der Waals surface area contributed by atoms with Crippen LogP contribution in [0.4, 0.5) is 5.69 Å². The molecule has 96 valence electrons. The molecule has 0 unspecified atom stereocenters. The maximum atomic E-state index is 5.31. The predicted octanol–water partition coefficient (Wildman–Crippen LogP) is 2.78. The maximum Gasteiger partial charge on any atom is 0.161 e. The van der Waals surface area contributed by atoms with Gasteiger partial charge >= 0.3 is 0 Å². The zero-order chi connectivity index (χ0) is 13.1. The second kappa shape index (κ2) is 4.97. The van der Waals surface area contributed by atoms with Crippen molar-refractivity contribution in [3.05, 3.63) is 60.7 Å². The fourth-order valence-corrected chi connectivity index (χ4v) is 1.92. The van der Waals surface area contributed by atoms with Crippen LogP contribution in [0.5, 0.6) is 0 Å². The SMILES string of the molecule is Cc1nccn1-c1ncccc1NCc1ccco1. The fraction of sp³-hybridized carbons (Fsp3) is 0.143. The Hall–Kier alpha value is -2.56. The highest BCUT2D eigenvalue weighted by Gasteiger charge is 2.08. The molecule has 5 heteroatoms. The number of pyridine rings is 1. The van der Waals surface area contributed by atoms with Crippen molar-refractivity contribution in [3.8, 4) is 5.82 Å². The highest BCUT2D eigenvalue weighted by Crippen LogP contribution is 2.19. The molecule has 0 aliphatic carbocycles. The van der Waals surface area contributed by atoms with Crippen molar-refractivity contribution >= 4 is 5.69 Å². The van der Waals surface area contributed by atoms with Crippen LogP contribution in [0, 0.1) is 6.92 Å². The van der Waals surface area contributed by atoms with Crippen LogP contribution in [0.15, 0.2) is 53.5 Å². The highest BCUT2D eigenvalue weighted by atomic mass is 16.3. The molecule has 19 heavy (non-hydrogen) atoms. The largest absolute Gasteiger partial charge is 0.467 e. The summed E-state index contributed by atoms with van der Waals surface area (Å²) in [5, 5.41) is 3.33. The second-order valence-corrected chi connectivity index (χ2v) is 4.15. The monoisotopic (exact) mass is 254 g/mol. The van der Waals surface area contributed by atoms with E-state index in [2.05, 4.69) is 15.3 Å². The van der Waals surface area contributed by atoms with Crippen molar-refractivity contribution in [2.24, 2.45) is 0 Å². The molecule has 3 aromatic heterocycles. The normalized spacial score (nSPS) is 10.6. The van der Waals surface area contributed by atoms with Gasteiger partial charge in [0.2, 0.25) is 0 Å². The maximum absolute atomic E-state index is 5.31. The van der Waals surface area contributed by atoms with Crippen molar-refractivity contribution in [1.29, 1.82) is 0 Å². The first kappa shape index (κ1) is 11.5. The van der Waals surface area contributed by atoms with Crippen LogP contribution in [0.1, 0.15) is 11.6 Å². The molecule has 0 aliphatic heterocycles. The average molecular weight is 254 g/mol. The summed E-state index contributed by atoms with van der Waals surface area (Å²) in [7, 11) is 0. The van der Waals surface area contributed by atoms with Gasteiger partial charge in [0.25, 0.3) is 0 Å². The molecule has 0 fully saturated rings. The summed E-state index contributed by atoms with van der Waals surface area (Å²) >= 11 is 0. The second-order valence-electron chi connectivity index (χ2n) is 4.15. The minimum atomic E-state index is 0.624. The Balaban J connectivity index is 1.88. The van der Waals surface area contributed by atoms with Gasteiger partial charge in [0.15, 0.2) is 5.82 Å². The van der Waals surface area contributed by atoms with Crippen LogP contribution in [0.2, 0.25) is 0 Å². The molecule has 0 aliphatic rings. The molecule has 0 amide bonds. The Kier molecular flexibility index (Phi) is 3.02. The Labute approximate surface area is 110 Å². The summed E-state index contributed by atoms with van der Waals surface area (Å²) in [6.45, 7) is 2.57. The lowest BCUT2D eigenvalue weighted by atomic mass is 10.3. The summed E-state index contributed by atoms with van der Waals surface area (Å²) in [5.41, 5.74) is 0.944. The van der Waals surface area contributed by atoms with Crippen LogP contribution in [0.3, 0.4) is 0 Å². The number of nitrogens with zero attached hydrogens (tertiary/aromatic N) is 3. The van der Waals surface area contributed by atoms with E-state index in [4.69, 9.17) is 4.42 Å². The van der Waals surface area contributed by atoms with Crippen molar-refractivity contribution in [2.45, 2.75) is 13.5 Å². The summed E-state index contributed by atoms with van der Waals surface area (Å²) < 4.78 is 7.26. The van der Waals surface area contributed by atoms with Crippen LogP contribution < -0.4 is 5.32 Å². The van der Waals surface area contributed by atoms with E-state index in [1.54, 1.807) is 18.7 Å². The van der Waals surface area contributed by atoms with Crippen LogP contribution in [-0.4, -0.2) is 14.5 Å². The molecule has 3 heterocycles. The molecule has 0 saturated carbocycles. The van der Waals surface area contributed by atoms with E-state index in [9.17, 15) is 0 Å². The third-order valence-corrected chi connectivity index (χ3v) is 2.87. The van der Waals surface area contributed by atoms with E-state index >= 15 is 0 Å². The first-order chi connectivity index (χ1) is 9.34. The molecule has 5 nitrogen and oxygen atoms in total. The zero-order valence-electron chi connectivity index (χ0n) is 10.6. The molecule has 3 rings (SSSR count). The third kappa shape index (κ3) is 2.35.